The highest BCUT2D eigenvalue weighted by atomic mass is 16.6. The number of nitrogens with one attached hydrogen (secondary N) is 1. The minimum Gasteiger partial charge on any atom is -0.311 e. The van der Waals surface area contributed by atoms with E-state index >= 15 is 0 Å². The van der Waals surface area contributed by atoms with E-state index in [4.69, 9.17) is 0 Å². The van der Waals surface area contributed by atoms with Gasteiger partial charge < -0.3 is 5.32 Å². The number of nitro groups is 1. The summed E-state index contributed by atoms with van der Waals surface area (Å²) < 4.78 is 0. The maximum Gasteiger partial charge on any atom is 0.276 e. The van der Waals surface area contributed by atoms with Crippen molar-refractivity contribution in [1.82, 2.24) is 5.32 Å². The zero-order chi connectivity index (χ0) is 12.0. The molecule has 1 rings (SSSR count). The van der Waals surface area contributed by atoms with Crippen LogP contribution in [0.2, 0.25) is 0 Å². The van der Waals surface area contributed by atoms with Crippen molar-refractivity contribution in [2.75, 3.05) is 6.54 Å². The first-order chi connectivity index (χ1) is 7.61. The van der Waals surface area contributed by atoms with Crippen LogP contribution in [0, 0.1) is 10.1 Å². The van der Waals surface area contributed by atoms with Crippen LogP contribution < -0.4 is 5.32 Å². The predicted octanol–water partition coefficient (Wildman–Crippen LogP) is 2.61. The molecule has 0 radical (unpaired) electrons. The molecule has 0 aliphatic rings. The van der Waals surface area contributed by atoms with Crippen LogP contribution in [0.1, 0.15) is 19.4 Å². The van der Waals surface area contributed by atoms with Gasteiger partial charge in [0.25, 0.3) is 5.69 Å². The molecule has 0 aliphatic carbocycles. The van der Waals surface area contributed by atoms with Crippen molar-refractivity contribution in [3.05, 3.63) is 46.0 Å². The third-order valence-electron chi connectivity index (χ3n) is 2.07. The monoisotopic (exact) mass is 220 g/mol. The molecule has 0 aromatic heterocycles. The summed E-state index contributed by atoms with van der Waals surface area (Å²) in [4.78, 5) is 10.4. The van der Waals surface area contributed by atoms with Crippen molar-refractivity contribution in [1.29, 1.82) is 0 Å². The second-order valence-corrected chi connectivity index (χ2v) is 3.78. The summed E-state index contributed by atoms with van der Waals surface area (Å²) in [7, 11) is 0. The predicted molar refractivity (Wildman–Crippen MR) is 65.3 cm³/mol. The average Bonchev–Trinajstić information content (AvgIpc) is 2.24. The topological polar surface area (TPSA) is 55.2 Å². The van der Waals surface area contributed by atoms with Gasteiger partial charge in [-0.25, -0.2) is 0 Å². The van der Waals surface area contributed by atoms with Crippen LogP contribution in [-0.2, 0) is 0 Å². The summed E-state index contributed by atoms with van der Waals surface area (Å²) in [5.41, 5.74) is 0.779. The van der Waals surface area contributed by atoms with Crippen LogP contribution in [0.5, 0.6) is 0 Å². The third kappa shape index (κ3) is 3.82. The Bertz CT molecular complexity index is 386. The first kappa shape index (κ1) is 12.4. The van der Waals surface area contributed by atoms with E-state index in [1.165, 1.54) is 6.07 Å². The van der Waals surface area contributed by atoms with Crippen LogP contribution in [0.15, 0.2) is 30.3 Å². The summed E-state index contributed by atoms with van der Waals surface area (Å²) >= 11 is 0. The number of nitrogens with zero attached hydrogens (tertiary/aromatic N) is 1. The lowest BCUT2D eigenvalue weighted by Gasteiger charge is -2.03. The van der Waals surface area contributed by atoms with Gasteiger partial charge in [-0.1, -0.05) is 38.1 Å². The fourth-order valence-electron chi connectivity index (χ4n) is 1.28. The molecule has 1 N–H and O–H groups in total. The fraction of sp³-hybridized carbons (Fsp3) is 0.333. The van der Waals surface area contributed by atoms with E-state index in [9.17, 15) is 10.1 Å². The lowest BCUT2D eigenvalue weighted by atomic mass is 10.1. The van der Waals surface area contributed by atoms with Crippen LogP contribution in [0.25, 0.3) is 6.08 Å². The first-order valence-electron chi connectivity index (χ1n) is 5.24. The maximum absolute atomic E-state index is 10.7. The summed E-state index contributed by atoms with van der Waals surface area (Å²) in [6, 6.07) is 7.12. The van der Waals surface area contributed by atoms with E-state index in [0.29, 0.717) is 18.2 Å². The summed E-state index contributed by atoms with van der Waals surface area (Å²) in [6.07, 6.45) is 3.66. The van der Waals surface area contributed by atoms with Crippen molar-refractivity contribution in [3.63, 3.8) is 0 Å². The number of para-hydroxylation sites is 1. The Balaban J connectivity index is 2.69. The minimum atomic E-state index is -0.366. The van der Waals surface area contributed by atoms with E-state index in [1.807, 2.05) is 6.08 Å². The van der Waals surface area contributed by atoms with Crippen molar-refractivity contribution in [2.24, 2.45) is 0 Å². The molecule has 0 fully saturated rings. The van der Waals surface area contributed by atoms with Gasteiger partial charge in [0.1, 0.15) is 0 Å². The molecule has 0 heterocycles. The first-order valence-corrected chi connectivity index (χ1v) is 5.24. The van der Waals surface area contributed by atoms with Gasteiger partial charge in [0, 0.05) is 18.7 Å². The highest BCUT2D eigenvalue weighted by Gasteiger charge is 2.08. The quantitative estimate of drug-likeness (QED) is 0.613. The fourth-order valence-corrected chi connectivity index (χ4v) is 1.28. The van der Waals surface area contributed by atoms with Gasteiger partial charge in [0.2, 0.25) is 0 Å². The SMILES string of the molecule is CC(C)NCC=Cc1ccccc1[N+](=O)[O-]. The molecule has 0 atom stereocenters. The molecule has 0 bridgehead atoms. The van der Waals surface area contributed by atoms with Gasteiger partial charge >= 0.3 is 0 Å². The number of benzene rings is 1. The van der Waals surface area contributed by atoms with Crippen LogP contribution in [0.4, 0.5) is 5.69 Å². The van der Waals surface area contributed by atoms with Crippen LogP contribution in [-0.4, -0.2) is 17.5 Å². The summed E-state index contributed by atoms with van der Waals surface area (Å²) in [5, 5.41) is 13.9. The molecular formula is C12H16N2O2. The Hall–Kier alpha value is -1.68. The van der Waals surface area contributed by atoms with E-state index < -0.39 is 0 Å². The minimum absolute atomic E-state index is 0.142. The van der Waals surface area contributed by atoms with E-state index in [1.54, 1.807) is 24.3 Å². The van der Waals surface area contributed by atoms with Gasteiger partial charge in [0.05, 0.1) is 10.5 Å². The number of hydrogen-bond acceptors (Lipinski definition) is 3. The van der Waals surface area contributed by atoms with Crippen molar-refractivity contribution in [2.45, 2.75) is 19.9 Å². The zero-order valence-electron chi connectivity index (χ0n) is 9.51. The molecule has 0 amide bonds. The van der Waals surface area contributed by atoms with Crippen molar-refractivity contribution >= 4 is 11.8 Å². The normalized spacial score (nSPS) is 11.2. The van der Waals surface area contributed by atoms with E-state index in [0.717, 1.165) is 0 Å². The van der Waals surface area contributed by atoms with Gasteiger partial charge in [0.15, 0.2) is 0 Å². The summed E-state index contributed by atoms with van der Waals surface area (Å²) in [6.45, 7) is 4.82. The maximum atomic E-state index is 10.7. The molecule has 86 valence electrons. The van der Waals surface area contributed by atoms with Gasteiger partial charge in [-0.2, -0.15) is 0 Å². The number of hydrogen-bond donors (Lipinski definition) is 1. The lowest BCUT2D eigenvalue weighted by Crippen LogP contribution is -2.22. The molecule has 0 saturated carbocycles. The Morgan fingerprint density at radius 1 is 1.44 bits per heavy atom. The third-order valence-corrected chi connectivity index (χ3v) is 2.07. The molecule has 1 aromatic carbocycles. The Kier molecular flexibility index (Phi) is 4.66. The number of rotatable bonds is 5. The molecule has 16 heavy (non-hydrogen) atoms. The second-order valence-electron chi connectivity index (χ2n) is 3.78. The van der Waals surface area contributed by atoms with Gasteiger partial charge in [-0.05, 0) is 6.07 Å². The van der Waals surface area contributed by atoms with E-state index in [-0.39, 0.29) is 10.6 Å². The lowest BCUT2D eigenvalue weighted by molar-refractivity contribution is -0.385. The average molecular weight is 220 g/mol. The molecule has 0 spiro atoms. The Morgan fingerprint density at radius 2 is 2.12 bits per heavy atom. The molecule has 0 unspecified atom stereocenters. The van der Waals surface area contributed by atoms with Gasteiger partial charge in [-0.15, -0.1) is 0 Å². The Labute approximate surface area is 95.1 Å². The van der Waals surface area contributed by atoms with Crippen LogP contribution >= 0.6 is 0 Å². The van der Waals surface area contributed by atoms with Crippen molar-refractivity contribution in [3.8, 4) is 0 Å². The highest BCUT2D eigenvalue weighted by molar-refractivity contribution is 5.60. The second kappa shape index (κ2) is 6.02. The molecular weight excluding hydrogens is 204 g/mol. The largest absolute Gasteiger partial charge is 0.311 e. The molecule has 4 nitrogen and oxygen atoms in total. The van der Waals surface area contributed by atoms with E-state index in [2.05, 4.69) is 19.2 Å². The molecule has 0 aliphatic heterocycles. The number of nitro benzene ring substituents is 1. The molecule has 1 aromatic rings. The van der Waals surface area contributed by atoms with Gasteiger partial charge in [-0.3, -0.25) is 10.1 Å². The van der Waals surface area contributed by atoms with Crippen LogP contribution in [0.3, 0.4) is 0 Å². The zero-order valence-corrected chi connectivity index (χ0v) is 9.51. The molecule has 0 saturated heterocycles. The smallest absolute Gasteiger partial charge is 0.276 e. The Morgan fingerprint density at radius 3 is 2.75 bits per heavy atom. The van der Waals surface area contributed by atoms with Crippen molar-refractivity contribution < 1.29 is 4.92 Å². The standard InChI is InChI=1S/C12H16N2O2/c1-10(2)13-9-5-7-11-6-3-4-8-12(11)14(15)16/h3-8,10,13H,9H2,1-2H3. The molecule has 4 heteroatoms. The summed E-state index contributed by atoms with van der Waals surface area (Å²) in [5.74, 6) is 0. The highest BCUT2D eigenvalue weighted by Crippen LogP contribution is 2.18.